The number of benzene rings is 1. The molecule has 0 unspecified atom stereocenters. The number of aryl methyl sites for hydroxylation is 2. The Labute approximate surface area is 127 Å². The first kappa shape index (κ1) is 17.9. The van der Waals surface area contributed by atoms with Crippen molar-refractivity contribution in [2.45, 2.75) is 58.8 Å². The highest BCUT2D eigenvalue weighted by atomic mass is 32.2. The van der Waals surface area contributed by atoms with Gasteiger partial charge in [0.25, 0.3) is 10.1 Å². The molecule has 0 spiro atoms. The first-order chi connectivity index (χ1) is 9.70. The second-order valence-corrected chi connectivity index (χ2v) is 7.00. The number of ketones is 1. The lowest BCUT2D eigenvalue weighted by Crippen LogP contribution is -2.16. The third-order valence-electron chi connectivity index (χ3n) is 3.72. The van der Waals surface area contributed by atoms with E-state index in [1.54, 1.807) is 13.8 Å². The van der Waals surface area contributed by atoms with E-state index in [9.17, 15) is 13.2 Å². The molecule has 0 aromatic heterocycles. The van der Waals surface area contributed by atoms with Crippen LogP contribution in [0.5, 0.6) is 0 Å². The van der Waals surface area contributed by atoms with Crippen LogP contribution >= 0.6 is 0 Å². The average Bonchev–Trinajstić information content (AvgIpc) is 2.40. The summed E-state index contributed by atoms with van der Waals surface area (Å²) in [6.07, 6.45) is 2.01. The zero-order chi connectivity index (χ0) is 16.2. The number of carbonyl (C=O) groups is 1. The van der Waals surface area contributed by atoms with Crippen LogP contribution in [0.1, 0.15) is 48.4 Å². The van der Waals surface area contributed by atoms with Crippen LogP contribution in [0.4, 0.5) is 0 Å². The average molecular weight is 312 g/mol. The van der Waals surface area contributed by atoms with Crippen LogP contribution in [0.15, 0.2) is 11.0 Å². The summed E-state index contributed by atoms with van der Waals surface area (Å²) in [5.74, 6) is -0.181. The maximum absolute atomic E-state index is 12.3. The summed E-state index contributed by atoms with van der Waals surface area (Å²) in [6, 6.07) is 1.83. The van der Waals surface area contributed by atoms with Crippen molar-refractivity contribution >= 4 is 15.9 Å². The highest BCUT2D eigenvalue weighted by Crippen LogP contribution is 2.27. The quantitative estimate of drug-likeness (QED) is 0.724. The van der Waals surface area contributed by atoms with Gasteiger partial charge in [0.1, 0.15) is 11.5 Å². The molecule has 21 heavy (non-hydrogen) atoms. The molecule has 1 aromatic rings. The molecular formula is C16H24O4S. The fourth-order valence-corrected chi connectivity index (χ4v) is 3.68. The summed E-state index contributed by atoms with van der Waals surface area (Å²) in [6.45, 7) is 8.94. The van der Waals surface area contributed by atoms with Crippen molar-refractivity contribution in [3.63, 3.8) is 0 Å². The van der Waals surface area contributed by atoms with E-state index in [0.717, 1.165) is 24.0 Å². The van der Waals surface area contributed by atoms with Crippen LogP contribution in [0.25, 0.3) is 0 Å². The van der Waals surface area contributed by atoms with Crippen molar-refractivity contribution in [1.82, 2.24) is 0 Å². The van der Waals surface area contributed by atoms with E-state index in [4.69, 9.17) is 4.18 Å². The first-order valence-corrected chi connectivity index (χ1v) is 8.60. The molecule has 5 heteroatoms. The van der Waals surface area contributed by atoms with Crippen LogP contribution in [0.3, 0.4) is 0 Å². The Morgan fingerprint density at radius 1 is 1.10 bits per heavy atom. The van der Waals surface area contributed by atoms with Crippen LogP contribution in [-0.4, -0.2) is 20.8 Å². The van der Waals surface area contributed by atoms with Gasteiger partial charge in [-0.3, -0.25) is 8.98 Å². The molecule has 0 aliphatic heterocycles. The summed E-state index contributed by atoms with van der Waals surface area (Å²) in [7, 11) is -3.90. The fourth-order valence-electron chi connectivity index (χ4n) is 2.29. The Bertz CT molecular complexity index is 630. The third-order valence-corrected chi connectivity index (χ3v) is 5.28. The minimum atomic E-state index is -3.90. The van der Waals surface area contributed by atoms with Gasteiger partial charge in [-0.05, 0) is 56.4 Å². The number of Topliss-reactive ketones (excluding diaryl/α,β-unsaturated/α-hetero) is 1. The molecule has 0 heterocycles. The molecule has 0 aliphatic rings. The predicted molar refractivity (Wildman–Crippen MR) is 83.1 cm³/mol. The zero-order valence-corrected chi connectivity index (χ0v) is 14.3. The standard InChI is InChI=1S/C16H24O4S/c1-6-7-8-15(17)10-20-21(18,19)16-12(3)9-11(2)13(4)14(16)5/h9H,6-8,10H2,1-5H3. The van der Waals surface area contributed by atoms with Gasteiger partial charge in [-0.2, -0.15) is 8.42 Å². The van der Waals surface area contributed by atoms with Crippen molar-refractivity contribution in [2.75, 3.05) is 6.61 Å². The number of carbonyl (C=O) groups excluding carboxylic acids is 1. The molecule has 0 radical (unpaired) electrons. The number of hydrogen-bond acceptors (Lipinski definition) is 4. The molecule has 4 nitrogen and oxygen atoms in total. The van der Waals surface area contributed by atoms with Crippen molar-refractivity contribution < 1.29 is 17.4 Å². The summed E-state index contributed by atoms with van der Waals surface area (Å²) in [5.41, 5.74) is 3.31. The minimum Gasteiger partial charge on any atom is -0.297 e. The number of hydrogen-bond donors (Lipinski definition) is 0. The molecule has 1 rings (SSSR count). The third kappa shape index (κ3) is 4.38. The van der Waals surface area contributed by atoms with E-state index < -0.39 is 10.1 Å². The van der Waals surface area contributed by atoms with Gasteiger partial charge in [0, 0.05) is 6.42 Å². The Balaban J connectivity index is 2.99. The molecule has 0 atom stereocenters. The molecule has 0 bridgehead atoms. The van der Waals surface area contributed by atoms with E-state index in [-0.39, 0.29) is 17.3 Å². The fraction of sp³-hybridized carbons (Fsp3) is 0.562. The van der Waals surface area contributed by atoms with E-state index in [1.165, 1.54) is 0 Å². The lowest BCUT2D eigenvalue weighted by Gasteiger charge is -2.15. The van der Waals surface area contributed by atoms with Crippen molar-refractivity contribution in [2.24, 2.45) is 0 Å². The van der Waals surface area contributed by atoms with Crippen molar-refractivity contribution in [3.05, 3.63) is 28.3 Å². The van der Waals surface area contributed by atoms with Crippen LogP contribution in [-0.2, 0) is 19.1 Å². The topological polar surface area (TPSA) is 60.4 Å². The second kappa shape index (κ2) is 7.18. The van der Waals surface area contributed by atoms with E-state index in [0.29, 0.717) is 17.5 Å². The Morgan fingerprint density at radius 3 is 2.29 bits per heavy atom. The van der Waals surface area contributed by atoms with Gasteiger partial charge in [-0.1, -0.05) is 19.4 Å². The van der Waals surface area contributed by atoms with Gasteiger partial charge in [-0.25, -0.2) is 0 Å². The SMILES string of the molecule is CCCCC(=O)COS(=O)(=O)c1c(C)cc(C)c(C)c1C. The van der Waals surface area contributed by atoms with E-state index in [1.807, 2.05) is 26.8 Å². The number of unbranched alkanes of at least 4 members (excludes halogenated alkanes) is 1. The Kier molecular flexibility index (Phi) is 6.10. The highest BCUT2D eigenvalue weighted by molar-refractivity contribution is 7.86. The molecule has 0 fully saturated rings. The lowest BCUT2D eigenvalue weighted by molar-refractivity contribution is -0.121. The van der Waals surface area contributed by atoms with Gasteiger partial charge in [0.05, 0.1) is 0 Å². The molecule has 0 amide bonds. The normalized spacial score (nSPS) is 11.7. The summed E-state index contributed by atoms with van der Waals surface area (Å²) in [5, 5.41) is 0. The summed E-state index contributed by atoms with van der Waals surface area (Å²) < 4.78 is 29.6. The first-order valence-electron chi connectivity index (χ1n) is 7.19. The largest absolute Gasteiger partial charge is 0.297 e. The molecule has 0 N–H and O–H groups in total. The van der Waals surface area contributed by atoms with E-state index in [2.05, 4.69) is 0 Å². The predicted octanol–water partition coefficient (Wildman–Crippen LogP) is 3.38. The van der Waals surface area contributed by atoms with Crippen LogP contribution < -0.4 is 0 Å². The van der Waals surface area contributed by atoms with Crippen LogP contribution in [0, 0.1) is 27.7 Å². The van der Waals surface area contributed by atoms with Gasteiger partial charge in [0.15, 0.2) is 5.78 Å². The van der Waals surface area contributed by atoms with Gasteiger partial charge in [0.2, 0.25) is 0 Å². The molecule has 0 saturated heterocycles. The Morgan fingerprint density at radius 2 is 1.71 bits per heavy atom. The summed E-state index contributed by atoms with van der Waals surface area (Å²) >= 11 is 0. The molecule has 118 valence electrons. The monoisotopic (exact) mass is 312 g/mol. The molecule has 1 aromatic carbocycles. The number of rotatable bonds is 7. The van der Waals surface area contributed by atoms with Crippen LogP contribution in [0.2, 0.25) is 0 Å². The molecule has 0 aliphatic carbocycles. The highest BCUT2D eigenvalue weighted by Gasteiger charge is 2.23. The van der Waals surface area contributed by atoms with Gasteiger partial charge >= 0.3 is 0 Å². The van der Waals surface area contributed by atoms with Gasteiger partial charge in [-0.15, -0.1) is 0 Å². The maximum Gasteiger partial charge on any atom is 0.297 e. The van der Waals surface area contributed by atoms with Crippen molar-refractivity contribution in [3.8, 4) is 0 Å². The smallest absolute Gasteiger partial charge is 0.297 e. The zero-order valence-electron chi connectivity index (χ0n) is 13.4. The van der Waals surface area contributed by atoms with E-state index >= 15 is 0 Å². The summed E-state index contributed by atoms with van der Waals surface area (Å²) in [4.78, 5) is 11.8. The lowest BCUT2D eigenvalue weighted by atomic mass is 10.0. The minimum absolute atomic E-state index is 0.181. The Hall–Kier alpha value is -1.20. The second-order valence-electron chi connectivity index (χ2n) is 5.45. The maximum atomic E-state index is 12.3. The van der Waals surface area contributed by atoms with Crippen molar-refractivity contribution in [1.29, 1.82) is 0 Å². The molecular weight excluding hydrogens is 288 g/mol. The van der Waals surface area contributed by atoms with Gasteiger partial charge < -0.3 is 0 Å². The molecule has 0 saturated carbocycles.